The molecule has 1 N–H and O–H groups in total. The van der Waals surface area contributed by atoms with E-state index in [4.69, 9.17) is 9.47 Å². The number of fused-ring (bicyclic) bond motifs is 1. The molecule has 176 valence electrons. The normalized spacial score (nSPS) is 10.9. The van der Waals surface area contributed by atoms with Crippen LogP contribution in [0.4, 0.5) is 10.1 Å². The van der Waals surface area contributed by atoms with Gasteiger partial charge in [-0.05, 0) is 40.6 Å². The number of nitro groups is 1. The quantitative estimate of drug-likeness (QED) is 0.209. The number of rotatable bonds is 9. The molecule has 0 saturated carbocycles. The minimum Gasteiger partial charge on any atom is -0.488 e. The van der Waals surface area contributed by atoms with Gasteiger partial charge < -0.3 is 9.47 Å². The Morgan fingerprint density at radius 1 is 0.943 bits per heavy atom. The number of halogens is 1. The third-order valence-corrected chi connectivity index (χ3v) is 5.04. The Balaban J connectivity index is 1.46. The first-order chi connectivity index (χ1) is 17.0. The van der Waals surface area contributed by atoms with E-state index in [-0.39, 0.29) is 23.9 Å². The zero-order chi connectivity index (χ0) is 24.6. The van der Waals surface area contributed by atoms with Gasteiger partial charge in [-0.2, -0.15) is 5.10 Å². The van der Waals surface area contributed by atoms with Gasteiger partial charge in [-0.15, -0.1) is 0 Å². The number of ether oxygens (including phenoxy) is 2. The van der Waals surface area contributed by atoms with Crippen LogP contribution in [0.15, 0.2) is 90.0 Å². The summed E-state index contributed by atoms with van der Waals surface area (Å²) in [5, 5.41) is 16.9. The van der Waals surface area contributed by atoms with E-state index in [0.717, 1.165) is 16.3 Å². The maximum absolute atomic E-state index is 13.2. The molecule has 0 atom stereocenters. The summed E-state index contributed by atoms with van der Waals surface area (Å²) in [7, 11) is 0. The number of benzene rings is 4. The average Bonchev–Trinajstić information content (AvgIpc) is 2.87. The molecule has 4 aromatic rings. The molecule has 0 aliphatic heterocycles. The molecular weight excluding hydrogens is 453 g/mol. The fourth-order valence-electron chi connectivity index (χ4n) is 3.35. The Labute approximate surface area is 199 Å². The second-order valence-corrected chi connectivity index (χ2v) is 7.42. The third-order valence-electron chi connectivity index (χ3n) is 5.04. The van der Waals surface area contributed by atoms with Crippen molar-refractivity contribution < 1.29 is 23.6 Å². The van der Waals surface area contributed by atoms with Crippen LogP contribution >= 0.6 is 0 Å². The van der Waals surface area contributed by atoms with Gasteiger partial charge in [0.25, 0.3) is 5.91 Å². The van der Waals surface area contributed by atoms with Crippen LogP contribution in [0, 0.1) is 15.9 Å². The van der Waals surface area contributed by atoms with Crippen LogP contribution in [0.5, 0.6) is 11.5 Å². The molecule has 0 heterocycles. The highest BCUT2D eigenvalue weighted by molar-refractivity contribution is 6.02. The number of hydrazone groups is 1. The molecular formula is C26H20FN3O5. The summed E-state index contributed by atoms with van der Waals surface area (Å²) in [6, 6.07) is 23.1. The van der Waals surface area contributed by atoms with Gasteiger partial charge >= 0.3 is 5.69 Å². The van der Waals surface area contributed by atoms with Crippen LogP contribution in [0.1, 0.15) is 11.1 Å². The monoisotopic (exact) mass is 473 g/mol. The van der Waals surface area contributed by atoms with Crippen molar-refractivity contribution >= 4 is 28.6 Å². The number of carbonyl (C=O) groups excluding carboxylic acids is 1. The molecule has 0 aromatic heterocycles. The molecule has 4 aromatic carbocycles. The van der Waals surface area contributed by atoms with Crippen LogP contribution < -0.4 is 14.9 Å². The van der Waals surface area contributed by atoms with Gasteiger partial charge in [0.2, 0.25) is 0 Å². The zero-order valence-electron chi connectivity index (χ0n) is 18.4. The van der Waals surface area contributed by atoms with Gasteiger partial charge in [0.15, 0.2) is 12.4 Å². The van der Waals surface area contributed by atoms with E-state index >= 15 is 0 Å². The van der Waals surface area contributed by atoms with E-state index in [2.05, 4.69) is 10.5 Å². The van der Waals surface area contributed by atoms with Gasteiger partial charge in [0.05, 0.1) is 11.1 Å². The number of hydrogen-bond acceptors (Lipinski definition) is 6. The number of nitrogens with zero attached hydrogens (tertiary/aromatic N) is 2. The maximum atomic E-state index is 13.2. The molecule has 4 rings (SSSR count). The van der Waals surface area contributed by atoms with E-state index < -0.39 is 17.4 Å². The van der Waals surface area contributed by atoms with Crippen molar-refractivity contribution in [3.05, 3.63) is 112 Å². The van der Waals surface area contributed by atoms with Gasteiger partial charge in [-0.3, -0.25) is 14.9 Å². The Kier molecular flexibility index (Phi) is 7.27. The topological polar surface area (TPSA) is 103 Å². The van der Waals surface area contributed by atoms with E-state index in [9.17, 15) is 19.3 Å². The highest BCUT2D eigenvalue weighted by atomic mass is 19.1. The standard InChI is InChI=1S/C26H20FN3O5/c27-20-12-9-18(10-13-20)16-34-24-14-11-19-5-1-2-6-21(19)22(24)15-28-29-26(31)17-35-25-8-4-3-7-23(25)30(32)33/h1-15H,16-17H2,(H,29,31)/b28-15+. The molecule has 35 heavy (non-hydrogen) atoms. The van der Waals surface area contributed by atoms with Crippen molar-refractivity contribution in [2.24, 2.45) is 5.10 Å². The summed E-state index contributed by atoms with van der Waals surface area (Å²) >= 11 is 0. The van der Waals surface area contributed by atoms with Crippen LogP contribution in [0.3, 0.4) is 0 Å². The molecule has 1 amide bonds. The number of nitrogens with one attached hydrogen (secondary N) is 1. The second kappa shape index (κ2) is 10.9. The lowest BCUT2D eigenvalue weighted by Crippen LogP contribution is -2.24. The number of amides is 1. The van der Waals surface area contributed by atoms with Crippen molar-refractivity contribution in [1.29, 1.82) is 0 Å². The molecule has 9 heteroatoms. The highest BCUT2D eigenvalue weighted by Crippen LogP contribution is 2.28. The molecule has 0 spiro atoms. The second-order valence-electron chi connectivity index (χ2n) is 7.42. The van der Waals surface area contributed by atoms with Gasteiger partial charge in [0, 0.05) is 11.6 Å². The van der Waals surface area contributed by atoms with E-state index in [1.165, 1.54) is 36.5 Å². The molecule has 0 radical (unpaired) electrons. The summed E-state index contributed by atoms with van der Waals surface area (Å²) in [6.45, 7) is -0.235. The predicted molar refractivity (Wildman–Crippen MR) is 129 cm³/mol. The van der Waals surface area contributed by atoms with Crippen LogP contribution in [-0.4, -0.2) is 23.7 Å². The fourth-order valence-corrected chi connectivity index (χ4v) is 3.35. The number of hydrogen-bond donors (Lipinski definition) is 1. The van der Waals surface area contributed by atoms with Gasteiger partial charge in [0.1, 0.15) is 18.2 Å². The minimum atomic E-state index is -0.589. The Hall–Kier alpha value is -4.79. The first-order valence-corrected chi connectivity index (χ1v) is 10.6. The lowest BCUT2D eigenvalue weighted by molar-refractivity contribution is -0.385. The first-order valence-electron chi connectivity index (χ1n) is 10.6. The van der Waals surface area contributed by atoms with Crippen LogP contribution in [0.2, 0.25) is 0 Å². The summed E-state index contributed by atoms with van der Waals surface area (Å²) in [4.78, 5) is 22.7. The van der Waals surface area contributed by atoms with Crippen molar-refractivity contribution in [2.45, 2.75) is 6.61 Å². The minimum absolute atomic E-state index is 0.0119. The SMILES string of the molecule is O=C(COc1ccccc1[N+](=O)[O-])N/N=C/c1c(OCc2ccc(F)cc2)ccc2ccccc12. The Morgan fingerprint density at radius 3 is 2.49 bits per heavy atom. The Morgan fingerprint density at radius 2 is 1.69 bits per heavy atom. The third kappa shape index (κ3) is 5.97. The lowest BCUT2D eigenvalue weighted by atomic mass is 10.0. The number of para-hydroxylation sites is 2. The molecule has 0 aliphatic rings. The summed E-state index contributed by atoms with van der Waals surface area (Å²) in [5.74, 6) is -0.397. The summed E-state index contributed by atoms with van der Waals surface area (Å²) in [5.41, 5.74) is 3.56. The lowest BCUT2D eigenvalue weighted by Gasteiger charge is -2.12. The van der Waals surface area contributed by atoms with Crippen molar-refractivity contribution in [3.8, 4) is 11.5 Å². The Bertz CT molecular complexity index is 1390. The molecule has 0 fully saturated rings. The smallest absolute Gasteiger partial charge is 0.310 e. The molecule has 0 unspecified atom stereocenters. The van der Waals surface area contributed by atoms with Crippen LogP contribution in [0.25, 0.3) is 10.8 Å². The van der Waals surface area contributed by atoms with Crippen molar-refractivity contribution in [2.75, 3.05) is 6.61 Å². The van der Waals surface area contributed by atoms with Crippen molar-refractivity contribution in [3.63, 3.8) is 0 Å². The predicted octanol–water partition coefficient (Wildman–Crippen LogP) is 5.00. The number of nitro benzene ring substituents is 1. The van der Waals surface area contributed by atoms with E-state index in [1.54, 1.807) is 24.3 Å². The highest BCUT2D eigenvalue weighted by Gasteiger charge is 2.15. The number of carbonyl (C=O) groups is 1. The summed E-state index contributed by atoms with van der Waals surface area (Å²) < 4.78 is 24.4. The largest absolute Gasteiger partial charge is 0.488 e. The molecule has 8 nitrogen and oxygen atoms in total. The summed E-state index contributed by atoms with van der Waals surface area (Å²) in [6.07, 6.45) is 1.46. The fraction of sp³-hybridized carbons (Fsp3) is 0.0769. The van der Waals surface area contributed by atoms with Gasteiger partial charge in [-0.1, -0.05) is 54.6 Å². The molecule has 0 saturated heterocycles. The average molecular weight is 473 g/mol. The zero-order valence-corrected chi connectivity index (χ0v) is 18.4. The maximum Gasteiger partial charge on any atom is 0.310 e. The molecule has 0 aliphatic carbocycles. The van der Waals surface area contributed by atoms with E-state index in [0.29, 0.717) is 11.3 Å². The molecule has 0 bridgehead atoms. The van der Waals surface area contributed by atoms with E-state index in [1.807, 2.05) is 30.3 Å². The van der Waals surface area contributed by atoms with Crippen molar-refractivity contribution in [1.82, 2.24) is 5.43 Å². The first kappa shape index (κ1) is 23.4. The van der Waals surface area contributed by atoms with Crippen LogP contribution in [-0.2, 0) is 11.4 Å². The van der Waals surface area contributed by atoms with Gasteiger partial charge in [-0.25, -0.2) is 9.82 Å².